The molecule has 0 spiro atoms. The molecule has 174 valence electrons. The van der Waals surface area contributed by atoms with Crippen molar-refractivity contribution in [2.45, 2.75) is 6.61 Å². The number of alkyl halides is 1. The van der Waals surface area contributed by atoms with Crippen LogP contribution in [0.3, 0.4) is 0 Å². The third kappa shape index (κ3) is 5.50. The molecule has 1 aliphatic heterocycles. The van der Waals surface area contributed by atoms with Gasteiger partial charge in [0.15, 0.2) is 0 Å². The molecule has 1 saturated heterocycles. The lowest BCUT2D eigenvalue weighted by Crippen LogP contribution is -2.36. The molecule has 0 saturated carbocycles. The van der Waals surface area contributed by atoms with Crippen molar-refractivity contribution in [2.75, 3.05) is 37.0 Å². The zero-order valence-electron chi connectivity index (χ0n) is 18.7. The summed E-state index contributed by atoms with van der Waals surface area (Å²) in [6.07, 6.45) is 3.23. The Morgan fingerprint density at radius 1 is 1.12 bits per heavy atom. The molecule has 1 aromatic carbocycles. The second-order valence-corrected chi connectivity index (χ2v) is 8.21. The number of nitriles is 1. The molecule has 0 atom stereocenters. The van der Waals surface area contributed by atoms with Crippen molar-refractivity contribution in [2.24, 2.45) is 0 Å². The first-order chi connectivity index (χ1) is 16.8. The number of benzene rings is 1. The number of nitrogens with zero attached hydrogens (tertiary/aromatic N) is 3. The highest BCUT2D eigenvalue weighted by Gasteiger charge is 2.18. The minimum atomic E-state index is 0.324. The molecule has 0 amide bonds. The summed E-state index contributed by atoms with van der Waals surface area (Å²) in [7, 11) is 0. The van der Waals surface area contributed by atoms with Crippen molar-refractivity contribution in [1.82, 2.24) is 4.98 Å². The molecule has 4 aromatic rings. The Balaban J connectivity index is 0.00000133. The summed E-state index contributed by atoms with van der Waals surface area (Å²) in [4.78, 5) is 7.03. The molecule has 6 nitrogen and oxygen atoms in total. The molecular formula is C26H24BrN3O3S. The Labute approximate surface area is 211 Å². The van der Waals surface area contributed by atoms with Gasteiger partial charge in [-0.2, -0.15) is 16.6 Å². The predicted molar refractivity (Wildman–Crippen MR) is 139 cm³/mol. The van der Waals surface area contributed by atoms with Gasteiger partial charge in [0.2, 0.25) is 5.88 Å². The van der Waals surface area contributed by atoms with Crippen LogP contribution in [0.5, 0.6) is 5.88 Å². The molecule has 0 bridgehead atoms. The molecule has 4 heterocycles. The van der Waals surface area contributed by atoms with Gasteiger partial charge in [0.1, 0.15) is 18.2 Å². The van der Waals surface area contributed by atoms with Gasteiger partial charge in [0.05, 0.1) is 31.4 Å². The minimum absolute atomic E-state index is 0.324. The van der Waals surface area contributed by atoms with Crippen molar-refractivity contribution in [3.63, 3.8) is 0 Å². The maximum absolute atomic E-state index is 9.88. The SMILES string of the molecule is CBr.N#Cc1c(-c2ccoc2)cc(-c2ccc(N3CCOCC3)cc2)nc1OCc1ccsc1. The van der Waals surface area contributed by atoms with Gasteiger partial charge in [0.25, 0.3) is 0 Å². The summed E-state index contributed by atoms with van der Waals surface area (Å²) in [5.74, 6) is 2.14. The van der Waals surface area contributed by atoms with E-state index in [9.17, 15) is 5.26 Å². The fourth-order valence-electron chi connectivity index (χ4n) is 3.72. The van der Waals surface area contributed by atoms with Gasteiger partial charge in [-0.3, -0.25) is 0 Å². The summed E-state index contributed by atoms with van der Waals surface area (Å²) >= 11 is 4.55. The minimum Gasteiger partial charge on any atom is -0.472 e. The van der Waals surface area contributed by atoms with Crippen LogP contribution in [0.1, 0.15) is 11.1 Å². The number of morpholine rings is 1. The Morgan fingerprint density at radius 3 is 2.56 bits per heavy atom. The molecule has 0 N–H and O–H groups in total. The molecular weight excluding hydrogens is 514 g/mol. The van der Waals surface area contributed by atoms with E-state index in [2.05, 4.69) is 51.2 Å². The van der Waals surface area contributed by atoms with Gasteiger partial charge in [0, 0.05) is 41.0 Å². The van der Waals surface area contributed by atoms with Crippen molar-refractivity contribution in [3.05, 3.63) is 76.9 Å². The molecule has 0 radical (unpaired) electrons. The van der Waals surface area contributed by atoms with Crippen molar-refractivity contribution in [1.29, 1.82) is 5.26 Å². The van der Waals surface area contributed by atoms with Crippen LogP contribution in [0.2, 0.25) is 0 Å². The number of ether oxygens (including phenoxy) is 2. The van der Waals surface area contributed by atoms with Crippen molar-refractivity contribution >= 4 is 33.0 Å². The zero-order valence-corrected chi connectivity index (χ0v) is 21.1. The van der Waals surface area contributed by atoms with Crippen LogP contribution >= 0.6 is 27.3 Å². The van der Waals surface area contributed by atoms with E-state index in [1.807, 2.05) is 34.8 Å². The lowest BCUT2D eigenvalue weighted by Gasteiger charge is -2.28. The monoisotopic (exact) mass is 537 g/mol. The quantitative estimate of drug-likeness (QED) is 0.266. The molecule has 1 aliphatic rings. The normalized spacial score (nSPS) is 13.0. The van der Waals surface area contributed by atoms with Gasteiger partial charge in [-0.25, -0.2) is 4.98 Å². The molecule has 1 fully saturated rings. The number of hydrogen-bond acceptors (Lipinski definition) is 7. The number of halogens is 1. The predicted octanol–water partition coefficient (Wildman–Crippen LogP) is 6.37. The lowest BCUT2D eigenvalue weighted by molar-refractivity contribution is 0.122. The van der Waals surface area contributed by atoms with Crippen LogP contribution < -0.4 is 9.64 Å². The topological polar surface area (TPSA) is 71.5 Å². The number of furan rings is 1. The summed E-state index contributed by atoms with van der Waals surface area (Å²) < 4.78 is 16.7. The molecule has 8 heteroatoms. The number of aromatic nitrogens is 1. The van der Waals surface area contributed by atoms with E-state index in [1.54, 1.807) is 23.9 Å². The summed E-state index contributed by atoms with van der Waals surface area (Å²) in [6.45, 7) is 3.63. The van der Waals surface area contributed by atoms with E-state index in [1.165, 1.54) is 0 Å². The van der Waals surface area contributed by atoms with E-state index >= 15 is 0 Å². The summed E-state index contributed by atoms with van der Waals surface area (Å²) in [5.41, 5.74) is 5.86. The molecule has 3 aromatic heterocycles. The maximum Gasteiger partial charge on any atom is 0.233 e. The number of hydrogen-bond donors (Lipinski definition) is 0. The van der Waals surface area contributed by atoms with Crippen LogP contribution in [0, 0.1) is 11.3 Å². The van der Waals surface area contributed by atoms with Crippen molar-refractivity contribution in [3.8, 4) is 34.3 Å². The lowest BCUT2D eigenvalue weighted by atomic mass is 10.0. The van der Waals surface area contributed by atoms with E-state index in [0.717, 1.165) is 59.9 Å². The fraction of sp³-hybridized carbons (Fsp3) is 0.231. The fourth-order valence-corrected chi connectivity index (χ4v) is 4.37. The van der Waals surface area contributed by atoms with Gasteiger partial charge in [-0.1, -0.05) is 28.1 Å². The Morgan fingerprint density at radius 2 is 1.91 bits per heavy atom. The Kier molecular flexibility index (Phi) is 8.36. The third-order valence-electron chi connectivity index (χ3n) is 5.43. The summed E-state index contributed by atoms with van der Waals surface area (Å²) in [5, 5.41) is 13.9. The first kappa shape index (κ1) is 24.0. The Bertz CT molecular complexity index is 1210. The van der Waals surface area contributed by atoms with E-state index in [0.29, 0.717) is 18.1 Å². The third-order valence-corrected chi connectivity index (χ3v) is 6.16. The number of thiophene rings is 1. The second-order valence-electron chi connectivity index (χ2n) is 7.43. The van der Waals surface area contributed by atoms with E-state index in [4.69, 9.17) is 18.9 Å². The van der Waals surface area contributed by atoms with Gasteiger partial charge in [-0.15, -0.1) is 0 Å². The zero-order chi connectivity index (χ0) is 23.8. The number of anilines is 1. The van der Waals surface area contributed by atoms with Gasteiger partial charge >= 0.3 is 0 Å². The smallest absolute Gasteiger partial charge is 0.233 e. The standard InChI is InChI=1S/C25H21N3O3S.CH3Br/c26-14-23-22(20-5-9-30-16-20)13-24(27-25(23)31-15-18-6-12-32-17-18)19-1-3-21(4-2-19)28-7-10-29-11-8-28;1-2/h1-6,9,12-13,16-17H,7-8,10-11,15H2;1H3. The molecule has 0 unspecified atom stereocenters. The van der Waals surface area contributed by atoms with E-state index in [-0.39, 0.29) is 0 Å². The molecule has 34 heavy (non-hydrogen) atoms. The van der Waals surface area contributed by atoms with Crippen LogP contribution in [0.15, 0.2) is 70.2 Å². The first-order valence-electron chi connectivity index (χ1n) is 10.7. The molecule has 0 aliphatic carbocycles. The summed E-state index contributed by atoms with van der Waals surface area (Å²) in [6, 6.07) is 16.3. The highest BCUT2D eigenvalue weighted by atomic mass is 79.9. The largest absolute Gasteiger partial charge is 0.472 e. The van der Waals surface area contributed by atoms with Crippen LogP contribution in [0.25, 0.3) is 22.4 Å². The number of pyridine rings is 1. The Hall–Kier alpha value is -3.12. The van der Waals surface area contributed by atoms with Crippen LogP contribution in [0.4, 0.5) is 5.69 Å². The van der Waals surface area contributed by atoms with E-state index < -0.39 is 0 Å². The first-order valence-corrected chi connectivity index (χ1v) is 13.3. The molecule has 5 rings (SSSR count). The van der Waals surface area contributed by atoms with Gasteiger partial charge in [-0.05, 0) is 46.9 Å². The number of rotatable bonds is 6. The van der Waals surface area contributed by atoms with Crippen LogP contribution in [-0.2, 0) is 11.3 Å². The van der Waals surface area contributed by atoms with Crippen molar-refractivity contribution < 1.29 is 13.9 Å². The second kappa shape index (κ2) is 11.8. The maximum atomic E-state index is 9.88. The van der Waals surface area contributed by atoms with Gasteiger partial charge < -0.3 is 18.8 Å². The highest BCUT2D eigenvalue weighted by Crippen LogP contribution is 2.34. The van der Waals surface area contributed by atoms with Crippen LogP contribution in [-0.4, -0.2) is 37.1 Å². The highest BCUT2D eigenvalue weighted by molar-refractivity contribution is 9.08. The average Bonchev–Trinajstić information content (AvgIpc) is 3.64. The average molecular weight is 538 g/mol.